The Morgan fingerprint density at radius 1 is 1.37 bits per heavy atom. The van der Waals surface area contributed by atoms with Crippen LogP contribution < -0.4 is 4.74 Å². The summed E-state index contributed by atoms with van der Waals surface area (Å²) in [5.74, 6) is 2.69. The molecule has 4 heteroatoms. The van der Waals surface area contributed by atoms with Gasteiger partial charge in [0.25, 0.3) is 0 Å². The zero-order valence-electron chi connectivity index (χ0n) is 11.2. The SMILES string of the molecule is COc1ccccc1[C@H]1CC(=O)N2CCCS[C@H]2C1. The third-order valence-corrected chi connectivity index (χ3v) is 5.36. The lowest BCUT2D eigenvalue weighted by molar-refractivity contribution is -0.135. The van der Waals surface area contributed by atoms with Crippen LogP contribution in [0.15, 0.2) is 24.3 Å². The minimum absolute atomic E-state index is 0.301. The highest BCUT2D eigenvalue weighted by Gasteiger charge is 2.36. The maximum absolute atomic E-state index is 12.3. The van der Waals surface area contributed by atoms with E-state index in [1.54, 1.807) is 7.11 Å². The number of nitrogens with zero attached hydrogens (tertiary/aromatic N) is 1. The number of rotatable bonds is 2. The van der Waals surface area contributed by atoms with Gasteiger partial charge in [0.15, 0.2) is 0 Å². The van der Waals surface area contributed by atoms with Gasteiger partial charge in [-0.25, -0.2) is 0 Å². The molecule has 0 spiro atoms. The van der Waals surface area contributed by atoms with E-state index in [1.165, 1.54) is 11.3 Å². The Balaban J connectivity index is 1.84. The number of hydrogen-bond donors (Lipinski definition) is 0. The number of hydrogen-bond acceptors (Lipinski definition) is 3. The van der Waals surface area contributed by atoms with Gasteiger partial charge in [0.2, 0.25) is 5.91 Å². The number of benzene rings is 1. The Labute approximate surface area is 118 Å². The average molecular weight is 277 g/mol. The molecule has 2 aliphatic heterocycles. The molecule has 1 aromatic rings. The lowest BCUT2D eigenvalue weighted by atomic mass is 9.88. The summed E-state index contributed by atoms with van der Waals surface area (Å²) in [4.78, 5) is 14.4. The highest BCUT2D eigenvalue weighted by molar-refractivity contribution is 7.99. The number of amides is 1. The average Bonchev–Trinajstić information content (AvgIpc) is 2.47. The monoisotopic (exact) mass is 277 g/mol. The molecule has 2 saturated heterocycles. The van der Waals surface area contributed by atoms with Crippen molar-refractivity contribution >= 4 is 17.7 Å². The van der Waals surface area contributed by atoms with E-state index in [4.69, 9.17) is 4.74 Å². The van der Waals surface area contributed by atoms with Crippen LogP contribution in [-0.2, 0) is 4.79 Å². The first-order valence-electron chi connectivity index (χ1n) is 6.83. The van der Waals surface area contributed by atoms with Gasteiger partial charge in [-0.2, -0.15) is 0 Å². The molecule has 0 unspecified atom stereocenters. The van der Waals surface area contributed by atoms with E-state index < -0.39 is 0 Å². The molecule has 2 heterocycles. The molecule has 3 rings (SSSR count). The molecular formula is C15H19NO2S. The topological polar surface area (TPSA) is 29.5 Å². The molecule has 0 saturated carbocycles. The minimum Gasteiger partial charge on any atom is -0.496 e. The van der Waals surface area contributed by atoms with Gasteiger partial charge in [-0.3, -0.25) is 4.79 Å². The Hall–Kier alpha value is -1.16. The number of carbonyl (C=O) groups excluding carboxylic acids is 1. The molecular weight excluding hydrogens is 258 g/mol. The van der Waals surface area contributed by atoms with Crippen molar-refractivity contribution in [2.75, 3.05) is 19.4 Å². The van der Waals surface area contributed by atoms with Crippen molar-refractivity contribution in [2.24, 2.45) is 0 Å². The molecule has 102 valence electrons. The summed E-state index contributed by atoms with van der Waals surface area (Å²) in [6.45, 7) is 0.940. The normalized spacial score (nSPS) is 27.0. The first-order chi connectivity index (χ1) is 9.29. The van der Waals surface area contributed by atoms with Crippen molar-refractivity contribution in [1.29, 1.82) is 0 Å². The van der Waals surface area contributed by atoms with Gasteiger partial charge in [-0.15, -0.1) is 11.8 Å². The molecule has 19 heavy (non-hydrogen) atoms. The molecule has 2 fully saturated rings. The molecule has 0 N–H and O–H groups in total. The lowest BCUT2D eigenvalue weighted by Crippen LogP contribution is -2.47. The molecule has 0 bridgehead atoms. The summed E-state index contributed by atoms with van der Waals surface area (Å²) >= 11 is 1.93. The van der Waals surface area contributed by atoms with Crippen LogP contribution >= 0.6 is 11.8 Å². The highest BCUT2D eigenvalue weighted by atomic mass is 32.2. The smallest absolute Gasteiger partial charge is 0.224 e. The van der Waals surface area contributed by atoms with Gasteiger partial charge in [0, 0.05) is 13.0 Å². The highest BCUT2D eigenvalue weighted by Crippen LogP contribution is 2.41. The van der Waals surface area contributed by atoms with E-state index in [2.05, 4.69) is 11.0 Å². The van der Waals surface area contributed by atoms with Crippen LogP contribution in [0.25, 0.3) is 0 Å². The second-order valence-electron chi connectivity index (χ2n) is 5.14. The molecule has 0 aromatic heterocycles. The van der Waals surface area contributed by atoms with Gasteiger partial charge in [0.05, 0.1) is 12.5 Å². The first-order valence-corrected chi connectivity index (χ1v) is 7.88. The Bertz CT molecular complexity index is 477. The Kier molecular flexibility index (Phi) is 3.69. The number of para-hydroxylation sites is 1. The molecule has 3 nitrogen and oxygen atoms in total. The summed E-state index contributed by atoms with van der Waals surface area (Å²) in [7, 11) is 1.70. The maximum atomic E-state index is 12.3. The molecule has 2 aliphatic rings. The second-order valence-corrected chi connectivity index (χ2v) is 6.43. The zero-order valence-corrected chi connectivity index (χ0v) is 12.0. The molecule has 1 amide bonds. The van der Waals surface area contributed by atoms with Crippen LogP contribution in [-0.4, -0.2) is 35.6 Å². The Morgan fingerprint density at radius 2 is 2.21 bits per heavy atom. The van der Waals surface area contributed by atoms with Crippen LogP contribution in [0.4, 0.5) is 0 Å². The van der Waals surface area contributed by atoms with Crippen molar-refractivity contribution in [3.8, 4) is 5.75 Å². The van der Waals surface area contributed by atoms with Crippen molar-refractivity contribution in [1.82, 2.24) is 4.90 Å². The summed E-state index contributed by atoms with van der Waals surface area (Å²) in [5.41, 5.74) is 1.18. The van der Waals surface area contributed by atoms with Crippen LogP contribution in [0.5, 0.6) is 5.75 Å². The van der Waals surface area contributed by atoms with Crippen LogP contribution in [0.1, 0.15) is 30.7 Å². The molecule has 0 aliphatic carbocycles. The number of piperidine rings is 1. The number of carbonyl (C=O) groups is 1. The standard InChI is InChI=1S/C15H19NO2S/c1-18-13-6-3-2-5-12(13)11-9-14(17)16-7-4-8-19-15(16)10-11/h2-3,5-6,11,15H,4,7-10H2,1H3/t11-,15-/m0/s1. The van der Waals surface area contributed by atoms with E-state index in [9.17, 15) is 4.79 Å². The van der Waals surface area contributed by atoms with Gasteiger partial charge in [-0.1, -0.05) is 18.2 Å². The van der Waals surface area contributed by atoms with Crippen LogP contribution in [0.2, 0.25) is 0 Å². The summed E-state index contributed by atoms with van der Waals surface area (Å²) in [5, 5.41) is 0.366. The lowest BCUT2D eigenvalue weighted by Gasteiger charge is -2.42. The van der Waals surface area contributed by atoms with E-state index in [0.29, 0.717) is 23.6 Å². The molecule has 2 atom stereocenters. The number of fused-ring (bicyclic) bond motifs is 1. The largest absolute Gasteiger partial charge is 0.496 e. The number of methoxy groups -OCH3 is 1. The van der Waals surface area contributed by atoms with Crippen molar-refractivity contribution in [3.63, 3.8) is 0 Å². The molecule has 0 radical (unpaired) electrons. The quantitative estimate of drug-likeness (QED) is 0.832. The summed E-state index contributed by atoms with van der Waals surface area (Å²) < 4.78 is 5.44. The predicted octanol–water partition coefficient (Wildman–Crippen LogP) is 2.86. The summed E-state index contributed by atoms with van der Waals surface area (Å²) in [6, 6.07) is 8.09. The third-order valence-electron chi connectivity index (χ3n) is 4.01. The fourth-order valence-electron chi connectivity index (χ4n) is 3.06. The number of thioether (sulfide) groups is 1. The summed E-state index contributed by atoms with van der Waals surface area (Å²) in [6.07, 6.45) is 2.81. The fourth-order valence-corrected chi connectivity index (χ4v) is 4.40. The van der Waals surface area contributed by atoms with Gasteiger partial charge in [-0.05, 0) is 36.1 Å². The second kappa shape index (κ2) is 5.45. The third kappa shape index (κ3) is 2.46. The fraction of sp³-hybridized carbons (Fsp3) is 0.533. The minimum atomic E-state index is 0.301. The maximum Gasteiger partial charge on any atom is 0.224 e. The van der Waals surface area contributed by atoms with E-state index in [0.717, 1.165) is 25.1 Å². The van der Waals surface area contributed by atoms with Crippen LogP contribution in [0, 0.1) is 0 Å². The van der Waals surface area contributed by atoms with Crippen molar-refractivity contribution in [3.05, 3.63) is 29.8 Å². The zero-order chi connectivity index (χ0) is 13.2. The Morgan fingerprint density at radius 3 is 3.05 bits per heavy atom. The van der Waals surface area contributed by atoms with Crippen molar-refractivity contribution < 1.29 is 9.53 Å². The van der Waals surface area contributed by atoms with Crippen molar-refractivity contribution in [2.45, 2.75) is 30.6 Å². The van der Waals surface area contributed by atoms with E-state index in [1.807, 2.05) is 30.0 Å². The predicted molar refractivity (Wildman–Crippen MR) is 77.5 cm³/mol. The van der Waals surface area contributed by atoms with Gasteiger partial charge in [0.1, 0.15) is 5.75 Å². The van der Waals surface area contributed by atoms with E-state index >= 15 is 0 Å². The first kappa shape index (κ1) is 12.9. The van der Waals surface area contributed by atoms with Gasteiger partial charge < -0.3 is 9.64 Å². The molecule has 1 aromatic carbocycles. The van der Waals surface area contributed by atoms with Gasteiger partial charge >= 0.3 is 0 Å². The number of ether oxygens (including phenoxy) is 1. The van der Waals surface area contributed by atoms with Crippen LogP contribution in [0.3, 0.4) is 0 Å². The van der Waals surface area contributed by atoms with E-state index in [-0.39, 0.29) is 0 Å².